The van der Waals surface area contributed by atoms with Gasteiger partial charge in [-0.25, -0.2) is 0 Å². The number of guanidine groups is 1. The van der Waals surface area contributed by atoms with Crippen molar-refractivity contribution in [2.24, 2.45) is 4.99 Å². The number of nitrogens with zero attached hydrogens (tertiary/aromatic N) is 1. The Morgan fingerprint density at radius 3 is 2.91 bits per heavy atom. The molecule has 0 fully saturated rings. The van der Waals surface area contributed by atoms with Gasteiger partial charge in [-0.15, -0.1) is 24.0 Å². The largest absolute Gasteiger partial charge is 0.493 e. The second kappa shape index (κ2) is 10.7. The van der Waals surface area contributed by atoms with Crippen molar-refractivity contribution in [2.45, 2.75) is 39.5 Å². The van der Waals surface area contributed by atoms with Gasteiger partial charge in [0.2, 0.25) is 0 Å². The van der Waals surface area contributed by atoms with Crippen molar-refractivity contribution >= 4 is 29.9 Å². The summed E-state index contributed by atoms with van der Waals surface area (Å²) in [4.78, 5) is 4.57. The van der Waals surface area contributed by atoms with Crippen LogP contribution in [0.1, 0.15) is 37.8 Å². The number of hydrogen-bond donors (Lipinski definition) is 2. The Kier molecular flexibility index (Phi) is 9.27. The quantitative estimate of drug-likeness (QED) is 0.310. The van der Waals surface area contributed by atoms with Crippen LogP contribution < -0.4 is 15.4 Å². The number of rotatable bonds is 7. The minimum Gasteiger partial charge on any atom is -0.493 e. The number of benzene rings is 1. The van der Waals surface area contributed by atoms with Crippen LogP contribution in [0.25, 0.3) is 0 Å². The number of hydrogen-bond acceptors (Lipinski definition) is 2. The molecule has 1 heterocycles. The lowest BCUT2D eigenvalue weighted by molar-refractivity contribution is 0.357. The second-order valence-corrected chi connectivity index (χ2v) is 5.33. The van der Waals surface area contributed by atoms with Gasteiger partial charge in [-0.2, -0.15) is 0 Å². The Labute approximate surface area is 151 Å². The topological polar surface area (TPSA) is 45.7 Å². The molecule has 0 amide bonds. The molecule has 1 aliphatic rings. The molecule has 4 nitrogen and oxygen atoms in total. The van der Waals surface area contributed by atoms with Crippen molar-refractivity contribution in [1.29, 1.82) is 0 Å². The maximum absolute atomic E-state index is 5.54. The van der Waals surface area contributed by atoms with Gasteiger partial charge < -0.3 is 15.4 Å². The third-order valence-corrected chi connectivity index (χ3v) is 3.59. The normalized spacial score (nSPS) is 13.1. The average molecular weight is 417 g/mol. The maximum Gasteiger partial charge on any atom is 0.191 e. The molecule has 0 saturated heterocycles. The summed E-state index contributed by atoms with van der Waals surface area (Å²) in [5.74, 6) is 1.98. The first-order valence-electron chi connectivity index (χ1n) is 8.10. The van der Waals surface area contributed by atoms with E-state index >= 15 is 0 Å². The molecule has 1 aromatic carbocycles. The molecule has 0 aliphatic carbocycles. The number of nitrogens with one attached hydrogen (secondary N) is 2. The lowest BCUT2D eigenvalue weighted by Gasteiger charge is -2.11. The van der Waals surface area contributed by atoms with Gasteiger partial charge in [-0.3, -0.25) is 4.99 Å². The molecule has 2 N–H and O–H groups in total. The smallest absolute Gasteiger partial charge is 0.191 e. The van der Waals surface area contributed by atoms with Gasteiger partial charge in [-0.1, -0.05) is 25.5 Å². The van der Waals surface area contributed by atoms with Crippen LogP contribution in [0.3, 0.4) is 0 Å². The predicted molar refractivity (Wildman–Crippen MR) is 104 cm³/mol. The summed E-state index contributed by atoms with van der Waals surface area (Å²) in [5, 5.41) is 6.69. The number of fused-ring (bicyclic) bond motifs is 1. The van der Waals surface area contributed by atoms with E-state index in [1.54, 1.807) is 0 Å². The van der Waals surface area contributed by atoms with Crippen LogP contribution in [-0.4, -0.2) is 32.2 Å². The first-order valence-corrected chi connectivity index (χ1v) is 8.10. The zero-order valence-electron chi connectivity index (χ0n) is 13.7. The van der Waals surface area contributed by atoms with Crippen molar-refractivity contribution in [3.63, 3.8) is 0 Å². The van der Waals surface area contributed by atoms with Gasteiger partial charge >= 0.3 is 0 Å². The third-order valence-electron chi connectivity index (χ3n) is 3.59. The lowest BCUT2D eigenvalue weighted by Crippen LogP contribution is -2.38. The summed E-state index contributed by atoms with van der Waals surface area (Å²) in [7, 11) is 0. The molecule has 0 unspecified atom stereocenters. The molecule has 1 aliphatic heterocycles. The molecule has 0 radical (unpaired) electrons. The number of aliphatic imine (C=N–C) groups is 1. The van der Waals surface area contributed by atoms with Crippen LogP contribution >= 0.6 is 24.0 Å². The number of unbranched alkanes of at least 4 members (excludes halogenated alkanes) is 1. The summed E-state index contributed by atoms with van der Waals surface area (Å²) < 4.78 is 5.54. The highest BCUT2D eigenvalue weighted by atomic mass is 127. The van der Waals surface area contributed by atoms with Gasteiger partial charge in [-0.05, 0) is 37.0 Å². The Balaban J connectivity index is 0.00000242. The Hall–Kier alpha value is -0.980. The standard InChI is InChI=1S/C17H27N3O.HI/c1-3-5-10-19-17(18-4-2)20-11-8-14-6-7-16-15(13-14)9-12-21-16;/h6-7,13H,3-5,8-12H2,1-2H3,(H2,18,19,20);1H. The Morgan fingerprint density at radius 1 is 1.27 bits per heavy atom. The van der Waals surface area contributed by atoms with Gasteiger partial charge in [0.1, 0.15) is 5.75 Å². The Morgan fingerprint density at radius 2 is 2.14 bits per heavy atom. The fourth-order valence-electron chi connectivity index (χ4n) is 2.41. The molecular weight excluding hydrogens is 389 g/mol. The van der Waals surface area contributed by atoms with E-state index in [4.69, 9.17) is 4.74 Å². The maximum atomic E-state index is 5.54. The summed E-state index contributed by atoms with van der Waals surface area (Å²) in [6.45, 7) is 7.80. The van der Waals surface area contributed by atoms with Crippen LogP contribution in [0, 0.1) is 0 Å². The summed E-state index contributed by atoms with van der Waals surface area (Å²) >= 11 is 0. The van der Waals surface area contributed by atoms with E-state index in [9.17, 15) is 0 Å². The van der Waals surface area contributed by atoms with E-state index in [1.807, 2.05) is 0 Å². The van der Waals surface area contributed by atoms with E-state index in [2.05, 4.69) is 47.7 Å². The first kappa shape index (κ1) is 19.1. The predicted octanol–water partition coefficient (Wildman–Crippen LogP) is 3.14. The summed E-state index contributed by atoms with van der Waals surface area (Å²) in [5.41, 5.74) is 2.70. The second-order valence-electron chi connectivity index (χ2n) is 5.33. The highest BCUT2D eigenvalue weighted by Gasteiger charge is 2.11. The van der Waals surface area contributed by atoms with Crippen molar-refractivity contribution in [3.8, 4) is 5.75 Å². The SMILES string of the molecule is CCCCN=C(NCC)NCCc1ccc2c(c1)CCO2.I. The van der Waals surface area contributed by atoms with Crippen LogP contribution in [0.4, 0.5) is 0 Å². The number of halogens is 1. The third kappa shape index (κ3) is 6.02. The molecule has 2 rings (SSSR count). The van der Waals surface area contributed by atoms with Crippen molar-refractivity contribution in [1.82, 2.24) is 10.6 Å². The van der Waals surface area contributed by atoms with E-state index in [1.165, 1.54) is 17.5 Å². The summed E-state index contributed by atoms with van der Waals surface area (Å²) in [6.07, 6.45) is 4.37. The van der Waals surface area contributed by atoms with Crippen molar-refractivity contribution < 1.29 is 4.74 Å². The van der Waals surface area contributed by atoms with E-state index < -0.39 is 0 Å². The minimum atomic E-state index is 0. The van der Waals surface area contributed by atoms with Crippen molar-refractivity contribution in [2.75, 3.05) is 26.2 Å². The van der Waals surface area contributed by atoms with E-state index in [-0.39, 0.29) is 24.0 Å². The van der Waals surface area contributed by atoms with E-state index in [0.29, 0.717) is 0 Å². The van der Waals surface area contributed by atoms with Gasteiger partial charge in [0.25, 0.3) is 0 Å². The molecule has 124 valence electrons. The van der Waals surface area contributed by atoms with Gasteiger partial charge in [0.15, 0.2) is 5.96 Å². The zero-order valence-corrected chi connectivity index (χ0v) is 16.0. The van der Waals surface area contributed by atoms with Gasteiger partial charge in [0, 0.05) is 26.1 Å². The molecule has 22 heavy (non-hydrogen) atoms. The molecule has 0 aromatic heterocycles. The molecular formula is C17H28IN3O. The highest BCUT2D eigenvalue weighted by Crippen LogP contribution is 2.25. The molecule has 1 aromatic rings. The first-order chi connectivity index (χ1) is 10.3. The molecule has 0 saturated carbocycles. The van der Waals surface area contributed by atoms with Crippen molar-refractivity contribution in [3.05, 3.63) is 29.3 Å². The summed E-state index contributed by atoms with van der Waals surface area (Å²) in [6, 6.07) is 6.52. The van der Waals surface area contributed by atoms with Gasteiger partial charge in [0.05, 0.1) is 6.61 Å². The monoisotopic (exact) mass is 417 g/mol. The lowest BCUT2D eigenvalue weighted by atomic mass is 10.1. The van der Waals surface area contributed by atoms with Crippen LogP contribution in [0.15, 0.2) is 23.2 Å². The molecule has 0 atom stereocenters. The molecule has 0 spiro atoms. The van der Waals surface area contributed by atoms with Crippen LogP contribution in [0.2, 0.25) is 0 Å². The minimum absolute atomic E-state index is 0. The molecule has 5 heteroatoms. The van der Waals surface area contributed by atoms with Crippen LogP contribution in [-0.2, 0) is 12.8 Å². The fourth-order valence-corrected chi connectivity index (χ4v) is 2.41. The average Bonchev–Trinajstić information content (AvgIpc) is 2.95. The van der Waals surface area contributed by atoms with Crippen LogP contribution in [0.5, 0.6) is 5.75 Å². The number of ether oxygens (including phenoxy) is 1. The zero-order chi connectivity index (χ0) is 14.9. The highest BCUT2D eigenvalue weighted by molar-refractivity contribution is 14.0. The Bertz CT molecular complexity index is 477. The van der Waals surface area contributed by atoms with E-state index in [0.717, 1.165) is 57.2 Å². The molecule has 0 bridgehead atoms. The fraction of sp³-hybridized carbons (Fsp3) is 0.588.